The molecule has 0 unspecified atom stereocenters. The van der Waals surface area contributed by atoms with E-state index in [0.29, 0.717) is 5.56 Å². The molecule has 0 aromatic carbocycles. The molecule has 0 atom stereocenters. The summed E-state index contributed by atoms with van der Waals surface area (Å²) in [7, 11) is 1.34. The number of ether oxygens (including phenoxy) is 1. The number of nitrogens with zero attached hydrogens (tertiary/aromatic N) is 1. The third-order valence-corrected chi connectivity index (χ3v) is 1.40. The third kappa shape index (κ3) is 1.58. The second kappa shape index (κ2) is 3.30. The molecule has 0 aliphatic carbocycles. The molecule has 64 valence electrons. The van der Waals surface area contributed by atoms with Gasteiger partial charge in [0.1, 0.15) is 0 Å². The van der Waals surface area contributed by atoms with Gasteiger partial charge in [0.05, 0.1) is 12.7 Å². The topological polar surface area (TPSA) is 39.2 Å². The molecule has 0 bridgehead atoms. The maximum atomic E-state index is 12.5. The first kappa shape index (κ1) is 8.64. The van der Waals surface area contributed by atoms with Crippen molar-refractivity contribution in [3.8, 4) is 5.88 Å². The number of aromatic nitrogens is 1. The van der Waals surface area contributed by atoms with Crippen LogP contribution in [-0.2, 0) is 0 Å². The van der Waals surface area contributed by atoms with Gasteiger partial charge < -0.3 is 4.74 Å². The van der Waals surface area contributed by atoms with Crippen LogP contribution in [0.4, 0.5) is 4.39 Å². The summed E-state index contributed by atoms with van der Waals surface area (Å²) in [5, 5.41) is 0. The van der Waals surface area contributed by atoms with E-state index in [9.17, 15) is 9.18 Å². The molecule has 0 aliphatic heterocycles. The van der Waals surface area contributed by atoms with Crippen molar-refractivity contribution in [1.29, 1.82) is 0 Å². The van der Waals surface area contributed by atoms with E-state index in [0.717, 1.165) is 6.07 Å². The van der Waals surface area contributed by atoms with Gasteiger partial charge in [-0.15, -0.1) is 0 Å². The fourth-order valence-corrected chi connectivity index (χ4v) is 0.841. The minimum atomic E-state index is -0.656. The Kier molecular flexibility index (Phi) is 2.38. The highest BCUT2D eigenvalue weighted by atomic mass is 19.1. The van der Waals surface area contributed by atoms with Gasteiger partial charge in [-0.1, -0.05) is 0 Å². The van der Waals surface area contributed by atoms with Crippen LogP contribution in [0.5, 0.6) is 5.88 Å². The van der Waals surface area contributed by atoms with Crippen LogP contribution in [0, 0.1) is 5.95 Å². The lowest BCUT2D eigenvalue weighted by Gasteiger charge is -2.02. The van der Waals surface area contributed by atoms with Crippen molar-refractivity contribution in [3.63, 3.8) is 0 Å². The molecule has 1 aromatic rings. The lowest BCUT2D eigenvalue weighted by molar-refractivity contribution is 0.101. The molecule has 0 spiro atoms. The van der Waals surface area contributed by atoms with Crippen LogP contribution in [0.25, 0.3) is 0 Å². The Balaban J connectivity index is 3.20. The van der Waals surface area contributed by atoms with Crippen LogP contribution in [-0.4, -0.2) is 17.9 Å². The number of halogens is 1. The van der Waals surface area contributed by atoms with E-state index < -0.39 is 5.95 Å². The smallest absolute Gasteiger partial charge is 0.226 e. The second-order valence-electron chi connectivity index (χ2n) is 2.25. The molecule has 1 aromatic heterocycles. The minimum Gasteiger partial charge on any atom is -0.480 e. The van der Waals surface area contributed by atoms with E-state index in [-0.39, 0.29) is 11.7 Å². The number of hydrogen-bond acceptors (Lipinski definition) is 3. The van der Waals surface area contributed by atoms with Gasteiger partial charge in [-0.05, 0) is 19.1 Å². The lowest BCUT2D eigenvalue weighted by atomic mass is 10.2. The summed E-state index contributed by atoms with van der Waals surface area (Å²) in [6.45, 7) is 1.37. The predicted molar refractivity (Wildman–Crippen MR) is 40.8 cm³/mol. The number of pyridine rings is 1. The fourth-order valence-electron chi connectivity index (χ4n) is 0.841. The number of ketones is 1. The normalized spacial score (nSPS) is 9.58. The second-order valence-corrected chi connectivity index (χ2v) is 2.25. The monoisotopic (exact) mass is 169 g/mol. The van der Waals surface area contributed by atoms with Crippen molar-refractivity contribution in [2.75, 3.05) is 7.11 Å². The zero-order chi connectivity index (χ0) is 9.14. The van der Waals surface area contributed by atoms with E-state index >= 15 is 0 Å². The zero-order valence-electron chi connectivity index (χ0n) is 6.80. The summed E-state index contributed by atoms with van der Waals surface area (Å²) in [6.07, 6.45) is 0. The van der Waals surface area contributed by atoms with Crippen LogP contribution < -0.4 is 4.74 Å². The highest BCUT2D eigenvalue weighted by molar-refractivity contribution is 5.96. The summed E-state index contributed by atoms with van der Waals surface area (Å²) in [5.74, 6) is -0.821. The lowest BCUT2D eigenvalue weighted by Crippen LogP contribution is -2.00. The van der Waals surface area contributed by atoms with Crippen LogP contribution in [0.3, 0.4) is 0 Å². The average molecular weight is 169 g/mol. The van der Waals surface area contributed by atoms with Crippen LogP contribution in [0.1, 0.15) is 17.3 Å². The number of methoxy groups -OCH3 is 1. The Bertz CT molecular complexity index is 312. The number of rotatable bonds is 2. The molecule has 0 N–H and O–H groups in total. The standard InChI is InChI=1S/C8H8FNO2/c1-5(11)6-3-4-7(9)10-8(6)12-2/h3-4H,1-2H3. The summed E-state index contributed by atoms with van der Waals surface area (Å²) in [5.41, 5.74) is 0.291. The molecule has 1 heterocycles. The van der Waals surface area contributed by atoms with Crippen LogP contribution in [0.15, 0.2) is 12.1 Å². The van der Waals surface area contributed by atoms with Crippen LogP contribution in [0.2, 0.25) is 0 Å². The van der Waals surface area contributed by atoms with E-state index in [1.54, 1.807) is 0 Å². The molecule has 1 rings (SSSR count). The molecular weight excluding hydrogens is 161 g/mol. The van der Waals surface area contributed by atoms with Gasteiger partial charge in [-0.3, -0.25) is 4.79 Å². The molecule has 0 radical (unpaired) electrons. The molecule has 12 heavy (non-hydrogen) atoms. The van der Waals surface area contributed by atoms with E-state index in [2.05, 4.69) is 4.98 Å². The van der Waals surface area contributed by atoms with Gasteiger partial charge >= 0.3 is 0 Å². The first-order valence-electron chi connectivity index (χ1n) is 3.36. The summed E-state index contributed by atoms with van der Waals surface area (Å²) in [4.78, 5) is 14.3. The average Bonchev–Trinajstić information content (AvgIpc) is 2.03. The Labute approximate surface area is 69.2 Å². The van der Waals surface area contributed by atoms with Gasteiger partial charge in [-0.25, -0.2) is 0 Å². The maximum absolute atomic E-state index is 12.5. The molecular formula is C8H8FNO2. The zero-order valence-corrected chi connectivity index (χ0v) is 6.80. The number of hydrogen-bond donors (Lipinski definition) is 0. The first-order chi connectivity index (χ1) is 5.65. The molecule has 4 heteroatoms. The molecule has 0 saturated carbocycles. The van der Waals surface area contributed by atoms with Gasteiger partial charge in [0.2, 0.25) is 11.8 Å². The number of Topliss-reactive ketones (excluding diaryl/α,β-unsaturated/α-hetero) is 1. The van der Waals surface area contributed by atoms with Crippen molar-refractivity contribution in [2.45, 2.75) is 6.92 Å². The first-order valence-corrected chi connectivity index (χ1v) is 3.36. The highest BCUT2D eigenvalue weighted by Crippen LogP contribution is 2.15. The van der Waals surface area contributed by atoms with E-state index in [4.69, 9.17) is 4.74 Å². The molecule has 0 saturated heterocycles. The summed E-state index contributed by atoms with van der Waals surface area (Å²) >= 11 is 0. The van der Waals surface area contributed by atoms with Crippen LogP contribution >= 0.6 is 0 Å². The van der Waals surface area contributed by atoms with Crippen molar-refractivity contribution in [1.82, 2.24) is 4.98 Å². The van der Waals surface area contributed by atoms with Gasteiger partial charge in [0, 0.05) is 0 Å². The van der Waals surface area contributed by atoms with Crippen molar-refractivity contribution in [2.24, 2.45) is 0 Å². The fraction of sp³-hybridized carbons (Fsp3) is 0.250. The number of carbonyl (C=O) groups excluding carboxylic acids is 1. The quantitative estimate of drug-likeness (QED) is 0.496. The van der Waals surface area contributed by atoms with E-state index in [1.165, 1.54) is 20.1 Å². The van der Waals surface area contributed by atoms with Crippen molar-refractivity contribution < 1.29 is 13.9 Å². The Morgan fingerprint density at radius 1 is 1.58 bits per heavy atom. The maximum Gasteiger partial charge on any atom is 0.226 e. The molecule has 0 aliphatic rings. The SMILES string of the molecule is COc1nc(F)ccc1C(C)=O. The highest BCUT2D eigenvalue weighted by Gasteiger charge is 2.09. The Morgan fingerprint density at radius 2 is 2.25 bits per heavy atom. The molecule has 0 amide bonds. The summed E-state index contributed by atoms with van der Waals surface area (Å²) in [6, 6.07) is 2.47. The van der Waals surface area contributed by atoms with Gasteiger partial charge in [0.15, 0.2) is 5.78 Å². The molecule has 3 nitrogen and oxygen atoms in total. The number of carbonyl (C=O) groups is 1. The van der Waals surface area contributed by atoms with E-state index in [1.807, 2.05) is 0 Å². The van der Waals surface area contributed by atoms with Crippen molar-refractivity contribution in [3.05, 3.63) is 23.6 Å². The predicted octanol–water partition coefficient (Wildman–Crippen LogP) is 1.43. The summed E-state index contributed by atoms with van der Waals surface area (Å²) < 4.78 is 17.2. The largest absolute Gasteiger partial charge is 0.480 e. The molecule has 0 fully saturated rings. The van der Waals surface area contributed by atoms with Gasteiger partial charge in [-0.2, -0.15) is 9.37 Å². The van der Waals surface area contributed by atoms with Crippen molar-refractivity contribution >= 4 is 5.78 Å². The third-order valence-electron chi connectivity index (χ3n) is 1.40. The Morgan fingerprint density at radius 3 is 2.75 bits per heavy atom. The Hall–Kier alpha value is -1.45. The van der Waals surface area contributed by atoms with Gasteiger partial charge in [0.25, 0.3) is 0 Å². The minimum absolute atomic E-state index is 0.0301.